The van der Waals surface area contributed by atoms with Crippen LogP contribution in [0.4, 0.5) is 0 Å². The molecule has 0 radical (unpaired) electrons. The van der Waals surface area contributed by atoms with Crippen LogP contribution in [0, 0.1) is 11.8 Å². The molecule has 1 saturated heterocycles. The number of carbonyl (C=O) groups excluding carboxylic acids is 6. The molecule has 0 spiro atoms. The molecule has 0 aromatic carbocycles. The second-order valence-corrected chi connectivity index (χ2v) is 13.1. The average molecular weight is 708 g/mol. The third kappa shape index (κ3) is 12.8. The smallest absolute Gasteiger partial charge is 0.326 e. The highest BCUT2D eigenvalue weighted by molar-refractivity contribution is 5.97. The molecule has 11 N–H and O–H groups in total. The number of aromatic amines is 1. The number of nitrogens with two attached hydrogens (primary N) is 2. The molecule has 0 unspecified atom stereocenters. The van der Waals surface area contributed by atoms with Crippen molar-refractivity contribution in [3.05, 3.63) is 18.2 Å². The van der Waals surface area contributed by atoms with Gasteiger partial charge in [0.25, 0.3) is 0 Å². The molecule has 2 rings (SSSR count). The Morgan fingerprint density at radius 3 is 2.12 bits per heavy atom. The average Bonchev–Trinajstić information content (AvgIpc) is 3.72. The summed E-state index contributed by atoms with van der Waals surface area (Å²) in [7, 11) is 0. The largest absolute Gasteiger partial charge is 0.481 e. The van der Waals surface area contributed by atoms with Crippen LogP contribution in [0.25, 0.3) is 0 Å². The van der Waals surface area contributed by atoms with E-state index in [0.29, 0.717) is 12.1 Å². The molecule has 6 amide bonds. The second kappa shape index (κ2) is 19.2. The molecule has 2 heterocycles. The number of nitrogens with zero attached hydrogens (tertiary/aromatic N) is 2. The van der Waals surface area contributed by atoms with Crippen molar-refractivity contribution in [1.82, 2.24) is 36.1 Å². The lowest BCUT2D eigenvalue weighted by Gasteiger charge is -2.30. The van der Waals surface area contributed by atoms with Gasteiger partial charge in [0, 0.05) is 31.3 Å². The number of nitrogens with one attached hydrogen (secondary N) is 5. The Kier molecular flexibility index (Phi) is 15.8. The molecule has 50 heavy (non-hydrogen) atoms. The van der Waals surface area contributed by atoms with Gasteiger partial charge in [0.1, 0.15) is 30.2 Å². The SMILES string of the molecule is CC(C)C[C@H](NC(=O)[C@@H](NC(=O)[C@H](CCC(=O)O)NC(=O)[C@@H]1CCCN1C(=O)[C@@H](N)Cc1cnc[nH]1)C(C)C)C(=O)N[C@@H](CC(N)=O)C(=O)O. The molecule has 0 bridgehead atoms. The summed E-state index contributed by atoms with van der Waals surface area (Å²) in [4.78, 5) is 109. The van der Waals surface area contributed by atoms with Crippen molar-refractivity contribution < 1.29 is 48.6 Å². The Hall–Kier alpha value is -5.07. The number of primary amides is 1. The van der Waals surface area contributed by atoms with Crippen molar-refractivity contribution in [2.45, 2.75) is 109 Å². The number of hydrogen-bond acceptors (Lipinski definition) is 10. The zero-order chi connectivity index (χ0) is 37.7. The summed E-state index contributed by atoms with van der Waals surface area (Å²) < 4.78 is 0. The molecule has 1 aromatic heterocycles. The Morgan fingerprint density at radius 2 is 1.58 bits per heavy atom. The van der Waals surface area contributed by atoms with Crippen LogP contribution >= 0.6 is 0 Å². The van der Waals surface area contributed by atoms with Crippen LogP contribution in [-0.4, -0.2) is 115 Å². The van der Waals surface area contributed by atoms with Crippen LogP contribution in [0.3, 0.4) is 0 Å². The first-order chi connectivity index (χ1) is 23.4. The van der Waals surface area contributed by atoms with Crippen LogP contribution in [-0.2, 0) is 44.8 Å². The van der Waals surface area contributed by atoms with Crippen molar-refractivity contribution in [2.24, 2.45) is 23.3 Å². The highest BCUT2D eigenvalue weighted by Gasteiger charge is 2.39. The summed E-state index contributed by atoms with van der Waals surface area (Å²) in [5.41, 5.74) is 11.8. The summed E-state index contributed by atoms with van der Waals surface area (Å²) in [5.74, 6) is -8.18. The number of carboxylic acids is 2. The normalized spacial score (nSPS) is 17.3. The summed E-state index contributed by atoms with van der Waals surface area (Å²) in [5, 5.41) is 28.5. The number of carboxylic acid groups (broad SMARTS) is 2. The maximum Gasteiger partial charge on any atom is 0.326 e. The fourth-order valence-corrected chi connectivity index (χ4v) is 5.47. The van der Waals surface area contributed by atoms with E-state index in [1.807, 2.05) is 0 Å². The summed E-state index contributed by atoms with van der Waals surface area (Å²) in [6.07, 6.45) is 2.43. The Balaban J connectivity index is 2.20. The van der Waals surface area contributed by atoms with Crippen molar-refractivity contribution in [1.29, 1.82) is 0 Å². The van der Waals surface area contributed by atoms with Gasteiger partial charge < -0.3 is 52.8 Å². The maximum atomic E-state index is 13.6. The molecular weight excluding hydrogens is 658 g/mol. The number of amides is 6. The first-order valence-corrected chi connectivity index (χ1v) is 16.4. The van der Waals surface area contributed by atoms with Gasteiger partial charge in [-0.2, -0.15) is 0 Å². The van der Waals surface area contributed by atoms with Gasteiger partial charge >= 0.3 is 11.9 Å². The number of rotatable bonds is 20. The molecule has 6 atom stereocenters. The van der Waals surface area contributed by atoms with Crippen LogP contribution in [0.2, 0.25) is 0 Å². The quantitative estimate of drug-likeness (QED) is 0.0693. The molecule has 1 aromatic rings. The van der Waals surface area contributed by atoms with Gasteiger partial charge in [-0.25, -0.2) is 9.78 Å². The van der Waals surface area contributed by atoms with Crippen molar-refractivity contribution in [3.63, 3.8) is 0 Å². The lowest BCUT2D eigenvalue weighted by Crippen LogP contribution is -2.60. The molecule has 278 valence electrons. The van der Waals surface area contributed by atoms with Crippen molar-refractivity contribution >= 4 is 47.4 Å². The standard InChI is InChI=1S/C31H49N9O10/c1-15(2)10-20(27(45)38-21(31(49)50)12-23(33)41)37-29(47)25(16(3)4)39-26(44)19(7-8-24(42)43)36-28(46)22-6-5-9-40(22)30(48)18(32)11-17-13-34-14-35-17/h13-16,18-22,25H,5-12,32H2,1-4H3,(H2,33,41)(H,34,35)(H,36,46)(H,37,47)(H,38,45)(H,39,44)(H,42,43)(H,49,50)/t18-,19-,20-,21-,22-,25-/m0/s1. The minimum atomic E-state index is -1.64. The topological polar surface area (TPSA) is 309 Å². The van der Waals surface area contributed by atoms with E-state index >= 15 is 0 Å². The first-order valence-electron chi connectivity index (χ1n) is 16.4. The number of aromatic nitrogens is 2. The highest BCUT2D eigenvalue weighted by Crippen LogP contribution is 2.20. The third-order valence-electron chi connectivity index (χ3n) is 8.04. The van der Waals surface area contributed by atoms with Crippen molar-refractivity contribution in [3.8, 4) is 0 Å². The predicted molar refractivity (Wildman–Crippen MR) is 175 cm³/mol. The third-order valence-corrected chi connectivity index (χ3v) is 8.04. The molecule has 19 nitrogen and oxygen atoms in total. The first kappa shape index (κ1) is 41.1. The van der Waals surface area contributed by atoms with Crippen LogP contribution in [0.5, 0.6) is 0 Å². The predicted octanol–water partition coefficient (Wildman–Crippen LogP) is -2.26. The van der Waals surface area contributed by atoms with Crippen LogP contribution in [0.1, 0.15) is 71.9 Å². The van der Waals surface area contributed by atoms with Gasteiger partial charge in [-0.3, -0.25) is 33.6 Å². The zero-order valence-corrected chi connectivity index (χ0v) is 28.6. The lowest BCUT2D eigenvalue weighted by atomic mass is 9.99. The maximum absolute atomic E-state index is 13.6. The van der Waals surface area contributed by atoms with Crippen molar-refractivity contribution in [2.75, 3.05) is 6.54 Å². The molecular formula is C31H49N9O10. The molecule has 19 heteroatoms. The fraction of sp³-hybridized carbons (Fsp3) is 0.645. The van der Waals surface area contributed by atoms with Gasteiger partial charge in [0.05, 0.1) is 18.8 Å². The zero-order valence-electron chi connectivity index (χ0n) is 28.6. The number of H-pyrrole nitrogens is 1. The van der Waals surface area contributed by atoms with Gasteiger partial charge in [0.15, 0.2) is 0 Å². The van der Waals surface area contributed by atoms with E-state index in [9.17, 15) is 48.6 Å². The van der Waals surface area contributed by atoms with E-state index in [2.05, 4.69) is 31.2 Å². The number of carbonyl (C=O) groups is 8. The number of likely N-dealkylation sites (tertiary alicyclic amines) is 1. The fourth-order valence-electron chi connectivity index (χ4n) is 5.47. The lowest BCUT2D eigenvalue weighted by molar-refractivity contribution is -0.144. The van der Waals surface area contributed by atoms with E-state index in [0.717, 1.165) is 0 Å². The number of hydrogen-bond donors (Lipinski definition) is 9. The van der Waals surface area contributed by atoms with Gasteiger partial charge in [-0.15, -0.1) is 0 Å². The van der Waals surface area contributed by atoms with E-state index < -0.39 is 102 Å². The highest BCUT2D eigenvalue weighted by atomic mass is 16.4. The molecule has 0 saturated carbocycles. The minimum Gasteiger partial charge on any atom is -0.481 e. The summed E-state index contributed by atoms with van der Waals surface area (Å²) in [6, 6.07) is -7.53. The minimum absolute atomic E-state index is 0.0681. The molecule has 1 fully saturated rings. The Bertz CT molecular complexity index is 1380. The summed E-state index contributed by atoms with van der Waals surface area (Å²) >= 11 is 0. The summed E-state index contributed by atoms with van der Waals surface area (Å²) in [6.45, 7) is 6.97. The number of imidazole rings is 1. The number of aliphatic carboxylic acids is 2. The van der Waals surface area contributed by atoms with E-state index in [1.54, 1.807) is 27.7 Å². The van der Waals surface area contributed by atoms with Gasteiger partial charge in [-0.1, -0.05) is 27.7 Å². The molecule has 0 aliphatic carbocycles. The molecule has 1 aliphatic rings. The van der Waals surface area contributed by atoms with E-state index in [-0.39, 0.29) is 38.1 Å². The Labute approximate surface area is 289 Å². The monoisotopic (exact) mass is 707 g/mol. The van der Waals surface area contributed by atoms with Gasteiger partial charge in [-0.05, 0) is 37.5 Å². The van der Waals surface area contributed by atoms with Crippen LogP contribution < -0.4 is 32.7 Å². The Morgan fingerprint density at radius 1 is 0.940 bits per heavy atom. The van der Waals surface area contributed by atoms with Gasteiger partial charge in [0.2, 0.25) is 35.4 Å². The second-order valence-electron chi connectivity index (χ2n) is 13.1. The van der Waals surface area contributed by atoms with E-state index in [4.69, 9.17) is 11.5 Å². The van der Waals surface area contributed by atoms with Crippen LogP contribution in [0.15, 0.2) is 12.5 Å². The van der Waals surface area contributed by atoms with E-state index in [1.165, 1.54) is 17.4 Å². The molecule has 1 aliphatic heterocycles.